The third-order valence-corrected chi connectivity index (χ3v) is 4.27. The summed E-state index contributed by atoms with van der Waals surface area (Å²) in [6, 6.07) is 12.7. The van der Waals surface area contributed by atoms with Gasteiger partial charge in [-0.15, -0.1) is 0 Å². The maximum absolute atomic E-state index is 11.6. The number of halogens is 1. The lowest BCUT2D eigenvalue weighted by Crippen LogP contribution is -2.18. The van der Waals surface area contributed by atoms with Gasteiger partial charge in [0.25, 0.3) is 0 Å². The van der Waals surface area contributed by atoms with Crippen molar-refractivity contribution in [3.63, 3.8) is 0 Å². The normalized spacial score (nSPS) is 13.4. The van der Waals surface area contributed by atoms with Gasteiger partial charge >= 0.3 is 0 Å². The molecule has 0 bridgehead atoms. The number of amides is 1. The third kappa shape index (κ3) is 5.62. The van der Waals surface area contributed by atoms with E-state index in [1.54, 1.807) is 37.6 Å². The largest absolute Gasteiger partial charge is 0.493 e. The Balaban J connectivity index is 1.50. The zero-order valence-electron chi connectivity index (χ0n) is 15.0. The molecule has 1 amide bonds. The number of hydrogen-bond acceptors (Lipinski definition) is 5. The molecule has 7 heteroatoms. The SMILES string of the molecule is COc1cc(/C=N\NC(=O)C2CC2)ccc1OCCOc1ccccc1Cl. The minimum absolute atomic E-state index is 0.0308. The molecule has 2 aromatic rings. The fraction of sp³-hybridized carbons (Fsp3) is 0.300. The number of carbonyl (C=O) groups excluding carboxylic acids is 1. The number of carbonyl (C=O) groups is 1. The van der Waals surface area contributed by atoms with Crippen LogP contribution in [0.4, 0.5) is 0 Å². The van der Waals surface area contributed by atoms with Gasteiger partial charge in [-0.1, -0.05) is 23.7 Å². The summed E-state index contributed by atoms with van der Waals surface area (Å²) in [4.78, 5) is 11.6. The number of nitrogens with zero attached hydrogens (tertiary/aromatic N) is 1. The van der Waals surface area contributed by atoms with E-state index in [0.717, 1.165) is 18.4 Å². The van der Waals surface area contributed by atoms with Crippen molar-refractivity contribution in [3.05, 3.63) is 53.1 Å². The summed E-state index contributed by atoms with van der Waals surface area (Å²) >= 11 is 6.04. The molecule has 0 saturated heterocycles. The summed E-state index contributed by atoms with van der Waals surface area (Å²) in [6.07, 6.45) is 3.47. The number of rotatable bonds is 9. The highest BCUT2D eigenvalue weighted by Gasteiger charge is 2.29. The van der Waals surface area contributed by atoms with Crippen LogP contribution in [-0.2, 0) is 4.79 Å². The molecule has 0 radical (unpaired) electrons. The molecule has 1 aliphatic rings. The van der Waals surface area contributed by atoms with Gasteiger partial charge in [0.1, 0.15) is 19.0 Å². The fourth-order valence-corrected chi connectivity index (χ4v) is 2.55. The van der Waals surface area contributed by atoms with Crippen LogP contribution in [0.3, 0.4) is 0 Å². The van der Waals surface area contributed by atoms with E-state index in [-0.39, 0.29) is 11.8 Å². The quantitative estimate of drug-likeness (QED) is 0.404. The highest BCUT2D eigenvalue weighted by Crippen LogP contribution is 2.29. The van der Waals surface area contributed by atoms with Crippen LogP contribution in [0, 0.1) is 5.92 Å². The standard InChI is InChI=1S/C20H21ClN2O4/c1-25-19-12-14(13-22-23-20(24)15-7-8-15)6-9-18(19)27-11-10-26-17-5-3-2-4-16(17)21/h2-6,9,12-13,15H,7-8,10-11H2,1H3,(H,23,24)/b22-13-. The van der Waals surface area contributed by atoms with Crippen molar-refractivity contribution >= 4 is 23.7 Å². The number of hydrazone groups is 1. The summed E-state index contributed by atoms with van der Waals surface area (Å²) in [6.45, 7) is 0.690. The monoisotopic (exact) mass is 388 g/mol. The smallest absolute Gasteiger partial charge is 0.243 e. The van der Waals surface area contributed by atoms with Crippen LogP contribution < -0.4 is 19.6 Å². The van der Waals surface area contributed by atoms with E-state index in [0.29, 0.717) is 35.5 Å². The molecule has 3 rings (SSSR count). The molecular formula is C20H21ClN2O4. The fourth-order valence-electron chi connectivity index (χ4n) is 2.36. The molecule has 1 saturated carbocycles. The first kappa shape index (κ1) is 19.0. The average molecular weight is 389 g/mol. The van der Waals surface area contributed by atoms with Crippen molar-refractivity contribution < 1.29 is 19.0 Å². The molecule has 1 fully saturated rings. The van der Waals surface area contributed by atoms with Crippen LogP contribution in [-0.4, -0.2) is 32.4 Å². The van der Waals surface area contributed by atoms with Crippen LogP contribution in [0.15, 0.2) is 47.6 Å². The van der Waals surface area contributed by atoms with Crippen molar-refractivity contribution in [2.45, 2.75) is 12.8 Å². The minimum atomic E-state index is -0.0308. The van der Waals surface area contributed by atoms with Gasteiger partial charge in [0.05, 0.1) is 18.3 Å². The second-order valence-electron chi connectivity index (χ2n) is 6.05. The van der Waals surface area contributed by atoms with E-state index < -0.39 is 0 Å². The zero-order chi connectivity index (χ0) is 19.1. The Labute approximate surface area is 163 Å². The van der Waals surface area contributed by atoms with E-state index in [2.05, 4.69) is 10.5 Å². The van der Waals surface area contributed by atoms with Crippen LogP contribution in [0.5, 0.6) is 17.2 Å². The van der Waals surface area contributed by atoms with E-state index in [1.165, 1.54) is 0 Å². The first-order valence-electron chi connectivity index (χ1n) is 8.68. The summed E-state index contributed by atoms with van der Waals surface area (Å²) in [5, 5.41) is 4.53. The minimum Gasteiger partial charge on any atom is -0.493 e. The molecule has 0 spiro atoms. The number of ether oxygens (including phenoxy) is 3. The van der Waals surface area contributed by atoms with Crippen LogP contribution >= 0.6 is 11.6 Å². The molecule has 6 nitrogen and oxygen atoms in total. The van der Waals surface area contributed by atoms with Gasteiger partial charge in [0.15, 0.2) is 11.5 Å². The molecule has 0 heterocycles. The van der Waals surface area contributed by atoms with Gasteiger partial charge in [0.2, 0.25) is 5.91 Å². The van der Waals surface area contributed by atoms with E-state index >= 15 is 0 Å². The molecule has 0 atom stereocenters. The van der Waals surface area contributed by atoms with Gasteiger partial charge in [-0.05, 0) is 48.7 Å². The third-order valence-electron chi connectivity index (χ3n) is 3.96. The number of para-hydroxylation sites is 1. The Hall–Kier alpha value is -2.73. The van der Waals surface area contributed by atoms with Crippen molar-refractivity contribution in [1.29, 1.82) is 0 Å². The second kappa shape index (κ2) is 9.28. The predicted octanol–water partition coefficient (Wildman–Crippen LogP) is 3.67. The molecule has 2 aromatic carbocycles. The van der Waals surface area contributed by atoms with Gasteiger partial charge in [-0.3, -0.25) is 4.79 Å². The molecule has 1 N–H and O–H groups in total. The summed E-state index contributed by atoms with van der Waals surface area (Å²) in [7, 11) is 1.57. The summed E-state index contributed by atoms with van der Waals surface area (Å²) < 4.78 is 16.7. The lowest BCUT2D eigenvalue weighted by molar-refractivity contribution is -0.122. The predicted molar refractivity (Wildman–Crippen MR) is 104 cm³/mol. The molecule has 0 unspecified atom stereocenters. The molecule has 27 heavy (non-hydrogen) atoms. The second-order valence-corrected chi connectivity index (χ2v) is 6.45. The van der Waals surface area contributed by atoms with E-state index in [9.17, 15) is 4.79 Å². The Kier molecular flexibility index (Phi) is 6.54. The van der Waals surface area contributed by atoms with Gasteiger partial charge < -0.3 is 14.2 Å². The molecule has 0 aliphatic heterocycles. The van der Waals surface area contributed by atoms with Crippen molar-refractivity contribution in [2.24, 2.45) is 11.0 Å². The number of benzene rings is 2. The first-order chi connectivity index (χ1) is 13.2. The summed E-state index contributed by atoms with van der Waals surface area (Å²) in [5.74, 6) is 1.89. The van der Waals surface area contributed by atoms with E-state index in [1.807, 2.05) is 18.2 Å². The van der Waals surface area contributed by atoms with Crippen molar-refractivity contribution in [3.8, 4) is 17.2 Å². The Morgan fingerprint density at radius 1 is 1.15 bits per heavy atom. The van der Waals surface area contributed by atoms with E-state index in [4.69, 9.17) is 25.8 Å². The molecular weight excluding hydrogens is 368 g/mol. The van der Waals surface area contributed by atoms with Gasteiger partial charge in [0, 0.05) is 5.92 Å². The van der Waals surface area contributed by atoms with Crippen LogP contribution in [0.25, 0.3) is 0 Å². The number of nitrogens with one attached hydrogen (secondary N) is 1. The Morgan fingerprint density at radius 3 is 2.59 bits per heavy atom. The van der Waals surface area contributed by atoms with Crippen LogP contribution in [0.1, 0.15) is 18.4 Å². The maximum atomic E-state index is 11.6. The lowest BCUT2D eigenvalue weighted by atomic mass is 10.2. The number of hydrogen-bond donors (Lipinski definition) is 1. The summed E-state index contributed by atoms with van der Waals surface area (Å²) in [5.41, 5.74) is 3.33. The highest BCUT2D eigenvalue weighted by molar-refractivity contribution is 6.32. The zero-order valence-corrected chi connectivity index (χ0v) is 15.7. The topological polar surface area (TPSA) is 69.2 Å². The Morgan fingerprint density at radius 2 is 1.89 bits per heavy atom. The van der Waals surface area contributed by atoms with Gasteiger partial charge in [-0.25, -0.2) is 5.43 Å². The molecule has 1 aliphatic carbocycles. The van der Waals surface area contributed by atoms with Crippen molar-refractivity contribution in [2.75, 3.05) is 20.3 Å². The molecule has 0 aromatic heterocycles. The average Bonchev–Trinajstić information content (AvgIpc) is 3.52. The highest BCUT2D eigenvalue weighted by atomic mass is 35.5. The molecule has 142 valence electrons. The van der Waals surface area contributed by atoms with Crippen molar-refractivity contribution in [1.82, 2.24) is 5.43 Å². The number of methoxy groups -OCH3 is 1. The first-order valence-corrected chi connectivity index (χ1v) is 9.06. The van der Waals surface area contributed by atoms with Crippen LogP contribution in [0.2, 0.25) is 5.02 Å². The maximum Gasteiger partial charge on any atom is 0.243 e. The Bertz CT molecular complexity index is 821. The van der Waals surface area contributed by atoms with Gasteiger partial charge in [-0.2, -0.15) is 5.10 Å². The lowest BCUT2D eigenvalue weighted by Gasteiger charge is -2.12.